The molecule has 1 saturated carbocycles. The van der Waals surface area contributed by atoms with E-state index in [4.69, 9.17) is 0 Å². The van der Waals surface area contributed by atoms with E-state index in [0.29, 0.717) is 5.69 Å². The predicted molar refractivity (Wildman–Crippen MR) is 123 cm³/mol. The van der Waals surface area contributed by atoms with Gasteiger partial charge in [0.25, 0.3) is 11.5 Å². The Morgan fingerprint density at radius 3 is 2.76 bits per heavy atom. The van der Waals surface area contributed by atoms with Gasteiger partial charge >= 0.3 is 5.69 Å². The van der Waals surface area contributed by atoms with Crippen molar-refractivity contribution in [1.82, 2.24) is 29.6 Å². The molecule has 1 aliphatic rings. The number of nitrogens with one attached hydrogen (secondary N) is 3. The van der Waals surface area contributed by atoms with Crippen molar-refractivity contribution >= 4 is 28.5 Å². The highest BCUT2D eigenvalue weighted by atomic mass is 16.2. The molecule has 1 aliphatic carbocycles. The van der Waals surface area contributed by atoms with Gasteiger partial charge in [-0.15, -0.1) is 0 Å². The molecule has 172 valence electrons. The summed E-state index contributed by atoms with van der Waals surface area (Å²) >= 11 is 0. The molecule has 2 amide bonds. The average Bonchev–Trinajstić information content (AvgIpc) is 3.52. The van der Waals surface area contributed by atoms with E-state index in [1.807, 2.05) is 6.07 Å². The molecule has 3 heterocycles. The summed E-state index contributed by atoms with van der Waals surface area (Å²) < 4.78 is 3.00. The monoisotopic (exact) mass is 459 g/mol. The molecular formula is C23H21N7O4. The summed E-state index contributed by atoms with van der Waals surface area (Å²) in [6.45, 7) is 0.300. The Morgan fingerprint density at radius 2 is 2.00 bits per heavy atom. The van der Waals surface area contributed by atoms with E-state index in [9.17, 15) is 19.2 Å². The van der Waals surface area contributed by atoms with Crippen LogP contribution in [0.2, 0.25) is 0 Å². The fraction of sp³-hybridized carbons (Fsp3) is 0.217. The molecule has 0 unspecified atom stereocenters. The molecule has 3 aromatic heterocycles. The highest BCUT2D eigenvalue weighted by Crippen LogP contribution is 2.34. The number of fused-ring (bicyclic) bond motifs is 1. The van der Waals surface area contributed by atoms with E-state index in [1.165, 1.54) is 21.5 Å². The molecule has 0 radical (unpaired) electrons. The molecule has 5 rings (SSSR count). The fourth-order valence-electron chi connectivity index (χ4n) is 3.72. The molecule has 3 N–H and O–H groups in total. The van der Waals surface area contributed by atoms with E-state index in [0.717, 1.165) is 18.4 Å². The lowest BCUT2D eigenvalue weighted by Gasteiger charge is -2.10. The number of amides is 2. The first-order chi connectivity index (χ1) is 16.5. The van der Waals surface area contributed by atoms with Crippen molar-refractivity contribution in [2.75, 3.05) is 5.32 Å². The third kappa shape index (κ3) is 4.49. The summed E-state index contributed by atoms with van der Waals surface area (Å²) in [6, 6.07) is 10.3. The standard InChI is InChI=1S/C23H21N7O4/c31-19(13-29-8-2-7-26-29)27-16-4-1-3-14(9-16)11-25-21(32)15-10-18-20(24-12-15)30(17-5-6-17)23(34)28-22(18)33/h1-4,7-10,12,17H,5-6,11,13H2,(H,25,32)(H,27,31)(H,28,33,34). The van der Waals surface area contributed by atoms with Crippen LogP contribution >= 0.6 is 0 Å². The van der Waals surface area contributed by atoms with Gasteiger partial charge in [-0.3, -0.25) is 28.6 Å². The highest BCUT2D eigenvalue weighted by molar-refractivity contribution is 5.96. The van der Waals surface area contributed by atoms with Crippen LogP contribution in [0.3, 0.4) is 0 Å². The number of pyridine rings is 1. The predicted octanol–water partition coefficient (Wildman–Crippen LogP) is 1.18. The zero-order valence-electron chi connectivity index (χ0n) is 18.0. The second-order valence-corrected chi connectivity index (χ2v) is 8.09. The van der Waals surface area contributed by atoms with E-state index in [2.05, 4.69) is 25.7 Å². The quantitative estimate of drug-likeness (QED) is 0.379. The normalized spacial score (nSPS) is 13.1. The van der Waals surface area contributed by atoms with Crippen LogP contribution in [0, 0.1) is 0 Å². The third-order valence-corrected chi connectivity index (χ3v) is 5.48. The molecule has 0 saturated heterocycles. The van der Waals surface area contributed by atoms with E-state index >= 15 is 0 Å². The van der Waals surface area contributed by atoms with E-state index in [1.54, 1.807) is 36.7 Å². The number of aromatic amines is 1. The third-order valence-electron chi connectivity index (χ3n) is 5.48. The number of carbonyl (C=O) groups is 2. The number of hydrogen-bond donors (Lipinski definition) is 3. The Morgan fingerprint density at radius 1 is 1.15 bits per heavy atom. The molecule has 1 aromatic carbocycles. The molecule has 11 heteroatoms. The Hall–Kier alpha value is -4.54. The lowest BCUT2D eigenvalue weighted by molar-refractivity contribution is -0.116. The second-order valence-electron chi connectivity index (χ2n) is 8.09. The SMILES string of the molecule is O=C(Cn1cccn1)Nc1cccc(CNC(=O)c2cnc3c(c2)c(=O)[nH]c(=O)n3C2CC2)c1. The van der Waals surface area contributed by atoms with Crippen LogP contribution < -0.4 is 21.9 Å². The van der Waals surface area contributed by atoms with Gasteiger partial charge < -0.3 is 10.6 Å². The molecule has 0 atom stereocenters. The number of benzene rings is 1. The highest BCUT2D eigenvalue weighted by Gasteiger charge is 2.27. The molecular weight excluding hydrogens is 438 g/mol. The summed E-state index contributed by atoms with van der Waals surface area (Å²) in [5.41, 5.74) is 0.813. The van der Waals surface area contributed by atoms with Gasteiger partial charge in [-0.25, -0.2) is 9.78 Å². The second kappa shape index (κ2) is 8.77. The van der Waals surface area contributed by atoms with Crippen LogP contribution in [0.4, 0.5) is 5.69 Å². The smallest absolute Gasteiger partial charge is 0.330 e. The van der Waals surface area contributed by atoms with E-state index in [-0.39, 0.29) is 41.6 Å². The Labute approximate surface area is 192 Å². The van der Waals surface area contributed by atoms with Gasteiger partial charge in [0.1, 0.15) is 12.2 Å². The van der Waals surface area contributed by atoms with Crippen molar-refractivity contribution in [2.24, 2.45) is 0 Å². The molecule has 1 fully saturated rings. The number of rotatable bonds is 7. The van der Waals surface area contributed by atoms with Crippen LogP contribution in [-0.2, 0) is 17.9 Å². The first kappa shape index (κ1) is 21.3. The molecule has 0 bridgehead atoms. The van der Waals surface area contributed by atoms with Gasteiger partial charge in [0.2, 0.25) is 5.91 Å². The molecule has 4 aromatic rings. The number of hydrogen-bond acceptors (Lipinski definition) is 6. The number of nitrogens with zero attached hydrogens (tertiary/aromatic N) is 4. The minimum Gasteiger partial charge on any atom is -0.348 e. The van der Waals surface area contributed by atoms with Gasteiger partial charge in [-0.05, 0) is 42.7 Å². The minimum absolute atomic E-state index is 0.0336. The van der Waals surface area contributed by atoms with Gasteiger partial charge in [0, 0.05) is 36.9 Å². The Balaban J connectivity index is 1.27. The lowest BCUT2D eigenvalue weighted by Crippen LogP contribution is -2.31. The molecule has 0 spiro atoms. The first-order valence-corrected chi connectivity index (χ1v) is 10.8. The minimum atomic E-state index is -0.572. The Kier molecular flexibility index (Phi) is 5.50. The van der Waals surface area contributed by atoms with Crippen molar-refractivity contribution in [3.63, 3.8) is 0 Å². The topological polar surface area (TPSA) is 144 Å². The van der Waals surface area contributed by atoms with Crippen molar-refractivity contribution < 1.29 is 9.59 Å². The summed E-state index contributed by atoms with van der Waals surface area (Å²) in [4.78, 5) is 55.9. The lowest BCUT2D eigenvalue weighted by atomic mass is 10.1. The van der Waals surface area contributed by atoms with Gasteiger partial charge in [-0.1, -0.05) is 12.1 Å². The summed E-state index contributed by atoms with van der Waals surface area (Å²) in [5.74, 6) is -0.631. The van der Waals surface area contributed by atoms with Crippen molar-refractivity contribution in [3.05, 3.63) is 87.0 Å². The maximum absolute atomic E-state index is 12.7. The fourth-order valence-corrected chi connectivity index (χ4v) is 3.72. The van der Waals surface area contributed by atoms with Gasteiger partial charge in [-0.2, -0.15) is 5.10 Å². The maximum Gasteiger partial charge on any atom is 0.330 e. The summed E-state index contributed by atoms with van der Waals surface area (Å²) in [7, 11) is 0. The maximum atomic E-state index is 12.7. The number of H-pyrrole nitrogens is 1. The number of anilines is 1. The van der Waals surface area contributed by atoms with Crippen molar-refractivity contribution in [2.45, 2.75) is 32.0 Å². The molecule has 0 aliphatic heterocycles. The van der Waals surface area contributed by atoms with Crippen LogP contribution in [-0.4, -0.2) is 36.1 Å². The number of aromatic nitrogens is 5. The molecule has 34 heavy (non-hydrogen) atoms. The summed E-state index contributed by atoms with van der Waals surface area (Å²) in [5, 5.41) is 9.79. The number of carbonyl (C=O) groups excluding carboxylic acids is 2. The zero-order valence-corrected chi connectivity index (χ0v) is 18.0. The van der Waals surface area contributed by atoms with Crippen LogP contribution in [0.25, 0.3) is 11.0 Å². The molecule has 11 nitrogen and oxygen atoms in total. The Bertz CT molecular complexity index is 1500. The van der Waals surface area contributed by atoms with Gasteiger partial charge in [0.05, 0.1) is 10.9 Å². The van der Waals surface area contributed by atoms with Crippen LogP contribution in [0.15, 0.2) is 64.6 Å². The van der Waals surface area contributed by atoms with Crippen molar-refractivity contribution in [3.8, 4) is 0 Å². The largest absolute Gasteiger partial charge is 0.348 e. The zero-order chi connectivity index (χ0) is 23.7. The average molecular weight is 459 g/mol. The van der Waals surface area contributed by atoms with Crippen LogP contribution in [0.5, 0.6) is 0 Å². The summed E-state index contributed by atoms with van der Waals surface area (Å²) in [6.07, 6.45) is 6.37. The van der Waals surface area contributed by atoms with Gasteiger partial charge in [0.15, 0.2) is 0 Å². The first-order valence-electron chi connectivity index (χ1n) is 10.8. The van der Waals surface area contributed by atoms with Crippen LogP contribution in [0.1, 0.15) is 34.8 Å². The van der Waals surface area contributed by atoms with Crippen molar-refractivity contribution in [1.29, 1.82) is 0 Å². The van der Waals surface area contributed by atoms with E-state index < -0.39 is 17.2 Å².